The van der Waals surface area contributed by atoms with Gasteiger partial charge in [0.25, 0.3) is 0 Å². The van der Waals surface area contributed by atoms with Gasteiger partial charge in [-0.2, -0.15) is 0 Å². The Bertz CT molecular complexity index is 334. The fourth-order valence-corrected chi connectivity index (χ4v) is 1.45. The monoisotopic (exact) mass is 223 g/mol. The molecule has 1 rings (SSSR count). The maximum absolute atomic E-state index is 12.6. The molecule has 0 heterocycles. The maximum Gasteiger partial charge on any atom is 0.162 e. The number of ketones is 1. The van der Waals surface area contributed by atoms with Gasteiger partial charge in [-0.05, 0) is 50.8 Å². The minimum Gasteiger partial charge on any atom is -0.307 e. The molecule has 0 saturated carbocycles. The number of rotatable bonds is 6. The molecule has 0 unspecified atom stereocenters. The fraction of sp³-hybridized carbons (Fsp3) is 0.462. The third-order valence-electron chi connectivity index (χ3n) is 2.65. The molecule has 0 bridgehead atoms. The zero-order valence-electron chi connectivity index (χ0n) is 9.87. The van der Waals surface area contributed by atoms with Crippen molar-refractivity contribution in [2.75, 3.05) is 20.1 Å². The molecular weight excluding hydrogens is 205 g/mol. The summed E-state index contributed by atoms with van der Waals surface area (Å²) in [4.78, 5) is 13.8. The molecule has 1 aromatic carbocycles. The first-order chi connectivity index (χ1) is 7.63. The van der Waals surface area contributed by atoms with Crippen molar-refractivity contribution in [3.63, 3.8) is 0 Å². The van der Waals surface area contributed by atoms with Gasteiger partial charge in [0.2, 0.25) is 0 Å². The van der Waals surface area contributed by atoms with Crippen LogP contribution in [0.25, 0.3) is 0 Å². The number of hydrogen-bond acceptors (Lipinski definition) is 2. The predicted octanol–water partition coefficient (Wildman–Crippen LogP) is 2.74. The molecule has 1 aromatic rings. The molecule has 16 heavy (non-hydrogen) atoms. The van der Waals surface area contributed by atoms with E-state index in [9.17, 15) is 9.18 Å². The minimum absolute atomic E-state index is 0.0875. The Kier molecular flexibility index (Phi) is 5.12. The summed E-state index contributed by atoms with van der Waals surface area (Å²) in [5.74, 6) is -0.216. The smallest absolute Gasteiger partial charge is 0.162 e. The Morgan fingerprint density at radius 1 is 1.31 bits per heavy atom. The van der Waals surface area contributed by atoms with E-state index in [2.05, 4.69) is 11.8 Å². The summed E-state index contributed by atoms with van der Waals surface area (Å²) >= 11 is 0. The average Bonchev–Trinajstić information content (AvgIpc) is 2.29. The predicted molar refractivity (Wildman–Crippen MR) is 63.1 cm³/mol. The van der Waals surface area contributed by atoms with Gasteiger partial charge in [-0.3, -0.25) is 4.79 Å². The van der Waals surface area contributed by atoms with Gasteiger partial charge >= 0.3 is 0 Å². The number of Topliss-reactive ketones (excluding diaryl/α,β-unsaturated/α-hetero) is 1. The number of halogens is 1. The van der Waals surface area contributed by atoms with Crippen LogP contribution >= 0.6 is 0 Å². The fourth-order valence-electron chi connectivity index (χ4n) is 1.45. The highest BCUT2D eigenvalue weighted by atomic mass is 19.1. The van der Waals surface area contributed by atoms with E-state index in [0.717, 1.165) is 19.5 Å². The van der Waals surface area contributed by atoms with E-state index in [-0.39, 0.29) is 11.6 Å². The number of nitrogens with zero attached hydrogens (tertiary/aromatic N) is 1. The molecule has 0 aromatic heterocycles. The second kappa shape index (κ2) is 6.38. The van der Waals surface area contributed by atoms with Crippen molar-refractivity contribution in [2.24, 2.45) is 0 Å². The summed E-state index contributed by atoms with van der Waals surface area (Å²) in [6, 6.07) is 5.74. The highest BCUT2D eigenvalue weighted by molar-refractivity contribution is 5.95. The van der Waals surface area contributed by atoms with Crippen molar-refractivity contribution in [2.45, 2.75) is 19.8 Å². The van der Waals surface area contributed by atoms with E-state index in [1.165, 1.54) is 12.1 Å². The van der Waals surface area contributed by atoms with Crippen LogP contribution in [0.5, 0.6) is 0 Å². The Labute approximate surface area is 96.1 Å². The van der Waals surface area contributed by atoms with Crippen molar-refractivity contribution in [1.82, 2.24) is 4.90 Å². The van der Waals surface area contributed by atoms with E-state index in [0.29, 0.717) is 12.0 Å². The average molecular weight is 223 g/mol. The van der Waals surface area contributed by atoms with E-state index in [1.54, 1.807) is 12.1 Å². The normalized spacial score (nSPS) is 10.8. The molecule has 0 N–H and O–H groups in total. The molecule has 2 nitrogen and oxygen atoms in total. The molecule has 0 aliphatic carbocycles. The molecule has 0 radical (unpaired) electrons. The van der Waals surface area contributed by atoms with Crippen molar-refractivity contribution in [3.8, 4) is 0 Å². The van der Waals surface area contributed by atoms with Gasteiger partial charge in [-0.25, -0.2) is 4.39 Å². The molecular formula is C13H18FNO. The van der Waals surface area contributed by atoms with Gasteiger partial charge in [0.05, 0.1) is 0 Å². The zero-order valence-corrected chi connectivity index (χ0v) is 9.87. The van der Waals surface area contributed by atoms with Gasteiger partial charge in [-0.15, -0.1) is 0 Å². The van der Waals surface area contributed by atoms with Crippen molar-refractivity contribution in [3.05, 3.63) is 35.6 Å². The molecule has 0 fully saturated rings. The maximum atomic E-state index is 12.6. The van der Waals surface area contributed by atoms with Crippen LogP contribution in [-0.4, -0.2) is 30.8 Å². The standard InChI is InChI=1S/C13H18FNO/c1-3-15(2)10-4-5-13(16)11-6-8-12(14)9-7-11/h6-9H,3-5,10H2,1-2H3. The second-order valence-electron chi connectivity index (χ2n) is 3.93. The Balaban J connectivity index is 2.38. The highest BCUT2D eigenvalue weighted by Gasteiger charge is 2.05. The summed E-state index contributed by atoms with van der Waals surface area (Å²) in [7, 11) is 2.03. The summed E-state index contributed by atoms with van der Waals surface area (Å²) in [5.41, 5.74) is 0.598. The molecule has 0 amide bonds. The lowest BCUT2D eigenvalue weighted by Gasteiger charge is -2.12. The van der Waals surface area contributed by atoms with Gasteiger partial charge in [0.15, 0.2) is 5.78 Å². The third kappa shape index (κ3) is 4.11. The Morgan fingerprint density at radius 2 is 1.94 bits per heavy atom. The summed E-state index contributed by atoms with van der Waals surface area (Å²) in [6.45, 7) is 4.00. The minimum atomic E-state index is -0.303. The molecule has 0 spiro atoms. The molecule has 0 aliphatic rings. The lowest BCUT2D eigenvalue weighted by atomic mass is 10.1. The molecule has 3 heteroatoms. The second-order valence-corrected chi connectivity index (χ2v) is 3.93. The summed E-state index contributed by atoms with van der Waals surface area (Å²) in [6.07, 6.45) is 1.37. The number of benzene rings is 1. The van der Waals surface area contributed by atoms with Crippen LogP contribution in [-0.2, 0) is 0 Å². The number of hydrogen-bond donors (Lipinski definition) is 0. The van der Waals surface area contributed by atoms with Crippen LogP contribution in [0.2, 0.25) is 0 Å². The first kappa shape index (κ1) is 12.8. The van der Waals surface area contributed by atoms with Crippen LogP contribution in [0.1, 0.15) is 30.1 Å². The van der Waals surface area contributed by atoms with Gasteiger partial charge in [-0.1, -0.05) is 6.92 Å². The molecule has 0 aliphatic heterocycles. The highest BCUT2D eigenvalue weighted by Crippen LogP contribution is 2.07. The van der Waals surface area contributed by atoms with E-state index < -0.39 is 0 Å². The Hall–Kier alpha value is -1.22. The largest absolute Gasteiger partial charge is 0.307 e. The molecule has 88 valence electrons. The van der Waals surface area contributed by atoms with Gasteiger partial charge < -0.3 is 4.90 Å². The van der Waals surface area contributed by atoms with Gasteiger partial charge in [0, 0.05) is 12.0 Å². The Morgan fingerprint density at radius 3 is 2.50 bits per heavy atom. The topological polar surface area (TPSA) is 20.3 Å². The lowest BCUT2D eigenvalue weighted by Crippen LogP contribution is -2.19. The first-order valence-corrected chi connectivity index (χ1v) is 5.60. The molecule has 0 saturated heterocycles. The number of carbonyl (C=O) groups excluding carboxylic acids is 1. The van der Waals surface area contributed by atoms with Gasteiger partial charge in [0.1, 0.15) is 5.82 Å². The van der Waals surface area contributed by atoms with E-state index in [1.807, 2.05) is 7.05 Å². The van der Waals surface area contributed by atoms with Crippen molar-refractivity contribution >= 4 is 5.78 Å². The van der Waals surface area contributed by atoms with E-state index in [4.69, 9.17) is 0 Å². The van der Waals surface area contributed by atoms with Crippen molar-refractivity contribution in [1.29, 1.82) is 0 Å². The van der Waals surface area contributed by atoms with Crippen LogP contribution in [0.4, 0.5) is 4.39 Å². The van der Waals surface area contributed by atoms with Crippen LogP contribution in [0, 0.1) is 5.82 Å². The SMILES string of the molecule is CCN(C)CCCC(=O)c1ccc(F)cc1. The first-order valence-electron chi connectivity index (χ1n) is 5.60. The third-order valence-corrected chi connectivity index (χ3v) is 2.65. The molecule has 0 atom stereocenters. The summed E-state index contributed by atoms with van der Waals surface area (Å²) < 4.78 is 12.6. The van der Waals surface area contributed by atoms with Crippen LogP contribution < -0.4 is 0 Å². The lowest BCUT2D eigenvalue weighted by molar-refractivity contribution is 0.0976. The van der Waals surface area contributed by atoms with Crippen LogP contribution in [0.15, 0.2) is 24.3 Å². The number of carbonyl (C=O) groups is 1. The van der Waals surface area contributed by atoms with Crippen LogP contribution in [0.3, 0.4) is 0 Å². The van der Waals surface area contributed by atoms with Crippen molar-refractivity contribution < 1.29 is 9.18 Å². The quantitative estimate of drug-likeness (QED) is 0.691. The van der Waals surface area contributed by atoms with E-state index >= 15 is 0 Å². The summed E-state index contributed by atoms with van der Waals surface area (Å²) in [5, 5.41) is 0. The zero-order chi connectivity index (χ0) is 12.0.